The minimum atomic E-state index is -0.114. The maximum absolute atomic E-state index is 12.0. The molecule has 1 aromatic rings. The van der Waals surface area contributed by atoms with Crippen molar-refractivity contribution >= 4 is 23.2 Å². The fourth-order valence-electron chi connectivity index (χ4n) is 2.49. The highest BCUT2D eigenvalue weighted by molar-refractivity contribution is 6.05. The molecule has 3 N–H and O–H groups in total. The van der Waals surface area contributed by atoms with Crippen LogP contribution in [-0.4, -0.2) is 24.4 Å². The van der Waals surface area contributed by atoms with Crippen LogP contribution in [0.15, 0.2) is 18.2 Å². The number of anilines is 2. The van der Waals surface area contributed by atoms with Crippen LogP contribution < -0.4 is 16.0 Å². The largest absolute Gasteiger partial charge is 0.399 e. The summed E-state index contributed by atoms with van der Waals surface area (Å²) in [5.41, 5.74) is 8.04. The van der Waals surface area contributed by atoms with Crippen LogP contribution in [-0.2, 0) is 16.0 Å². The molecule has 1 aliphatic heterocycles. The summed E-state index contributed by atoms with van der Waals surface area (Å²) in [5.74, 6) is -0.165. The lowest BCUT2D eigenvalue weighted by molar-refractivity contribution is -0.123. The molecular formula is C15H21N3O2. The van der Waals surface area contributed by atoms with E-state index in [0.717, 1.165) is 24.1 Å². The zero-order valence-electron chi connectivity index (χ0n) is 12.0. The molecule has 0 bridgehead atoms. The Morgan fingerprint density at radius 2 is 2.10 bits per heavy atom. The highest BCUT2D eigenvalue weighted by atomic mass is 16.2. The molecule has 0 saturated heterocycles. The first-order valence-electron chi connectivity index (χ1n) is 7.03. The predicted molar refractivity (Wildman–Crippen MR) is 79.4 cm³/mol. The molecule has 0 unspecified atom stereocenters. The van der Waals surface area contributed by atoms with E-state index >= 15 is 0 Å². The van der Waals surface area contributed by atoms with Crippen molar-refractivity contribution in [3.8, 4) is 0 Å². The van der Waals surface area contributed by atoms with Gasteiger partial charge in [0.2, 0.25) is 11.8 Å². The van der Waals surface area contributed by atoms with Crippen molar-refractivity contribution < 1.29 is 9.59 Å². The third-order valence-electron chi connectivity index (χ3n) is 3.69. The van der Waals surface area contributed by atoms with Crippen LogP contribution in [0, 0.1) is 0 Å². The van der Waals surface area contributed by atoms with Gasteiger partial charge in [-0.05, 0) is 36.6 Å². The van der Waals surface area contributed by atoms with E-state index in [2.05, 4.69) is 5.32 Å². The maximum Gasteiger partial charge on any atom is 0.240 e. The average Bonchev–Trinajstić information content (AvgIpc) is 2.71. The minimum absolute atomic E-state index is 0.0507. The molecule has 2 rings (SSSR count). The van der Waals surface area contributed by atoms with Crippen molar-refractivity contribution in [3.05, 3.63) is 23.8 Å². The summed E-state index contributed by atoms with van der Waals surface area (Å²) in [6, 6.07) is 5.53. The number of nitrogens with two attached hydrogens (primary N) is 1. The van der Waals surface area contributed by atoms with Gasteiger partial charge in [-0.3, -0.25) is 9.59 Å². The lowest BCUT2D eigenvalue weighted by Gasteiger charge is -2.20. The number of carbonyl (C=O) groups excluding carboxylic acids is 2. The number of rotatable bonds is 5. The molecule has 5 heteroatoms. The van der Waals surface area contributed by atoms with Gasteiger partial charge >= 0.3 is 0 Å². The third-order valence-corrected chi connectivity index (χ3v) is 3.69. The summed E-state index contributed by atoms with van der Waals surface area (Å²) in [4.78, 5) is 25.6. The van der Waals surface area contributed by atoms with Crippen molar-refractivity contribution in [1.29, 1.82) is 0 Å². The molecule has 1 heterocycles. The Kier molecular flexibility index (Phi) is 4.27. The van der Waals surface area contributed by atoms with Crippen molar-refractivity contribution in [3.63, 3.8) is 0 Å². The first-order valence-corrected chi connectivity index (χ1v) is 7.03. The van der Waals surface area contributed by atoms with Crippen molar-refractivity contribution in [1.82, 2.24) is 5.32 Å². The number of hydrogen-bond donors (Lipinski definition) is 2. The molecule has 1 aliphatic rings. The monoisotopic (exact) mass is 275 g/mol. The Bertz CT molecular complexity index is 524. The third kappa shape index (κ3) is 2.92. The van der Waals surface area contributed by atoms with E-state index < -0.39 is 0 Å². The fourth-order valence-corrected chi connectivity index (χ4v) is 2.49. The Morgan fingerprint density at radius 1 is 1.40 bits per heavy atom. The summed E-state index contributed by atoms with van der Waals surface area (Å²) >= 11 is 0. The second kappa shape index (κ2) is 5.94. The molecular weight excluding hydrogens is 254 g/mol. The van der Waals surface area contributed by atoms with Gasteiger partial charge in [-0.25, -0.2) is 0 Å². The molecule has 0 saturated carbocycles. The summed E-state index contributed by atoms with van der Waals surface area (Å²) in [6.45, 7) is 4.15. The molecule has 5 nitrogen and oxygen atoms in total. The van der Waals surface area contributed by atoms with Crippen LogP contribution in [0.2, 0.25) is 0 Å². The molecule has 1 aromatic carbocycles. The van der Waals surface area contributed by atoms with E-state index in [1.54, 1.807) is 18.2 Å². The number of carbonyl (C=O) groups is 2. The summed E-state index contributed by atoms with van der Waals surface area (Å²) in [5, 5.41) is 2.95. The van der Waals surface area contributed by atoms with Gasteiger partial charge in [-0.1, -0.05) is 13.8 Å². The van der Waals surface area contributed by atoms with E-state index in [1.807, 2.05) is 13.8 Å². The second-order valence-corrected chi connectivity index (χ2v) is 5.13. The zero-order valence-corrected chi connectivity index (χ0v) is 12.0. The van der Waals surface area contributed by atoms with Gasteiger partial charge in [0.25, 0.3) is 0 Å². The highest BCUT2D eigenvalue weighted by Crippen LogP contribution is 2.30. The van der Waals surface area contributed by atoms with E-state index in [4.69, 9.17) is 5.73 Å². The fraction of sp³-hybridized carbons (Fsp3) is 0.467. The van der Waals surface area contributed by atoms with Gasteiger partial charge in [0.1, 0.15) is 6.54 Å². The van der Waals surface area contributed by atoms with E-state index in [1.165, 1.54) is 4.90 Å². The number of amides is 2. The Balaban J connectivity index is 2.07. The summed E-state index contributed by atoms with van der Waals surface area (Å²) in [7, 11) is 0. The van der Waals surface area contributed by atoms with Crippen LogP contribution in [0.25, 0.3) is 0 Å². The average molecular weight is 275 g/mol. The standard InChI is InChI=1S/C15H21N3O2/c1-3-12(4-2)17-14(19)9-18-13-6-5-11(16)7-10(13)8-15(18)20/h5-7,12H,3-4,8-9,16H2,1-2H3,(H,17,19). The minimum Gasteiger partial charge on any atom is -0.399 e. The smallest absolute Gasteiger partial charge is 0.240 e. The second-order valence-electron chi connectivity index (χ2n) is 5.13. The van der Waals surface area contributed by atoms with Crippen LogP contribution in [0.1, 0.15) is 32.3 Å². The number of benzene rings is 1. The van der Waals surface area contributed by atoms with E-state index in [9.17, 15) is 9.59 Å². The van der Waals surface area contributed by atoms with Crippen molar-refractivity contribution in [2.24, 2.45) is 0 Å². The zero-order chi connectivity index (χ0) is 14.7. The van der Waals surface area contributed by atoms with E-state index in [0.29, 0.717) is 12.1 Å². The lowest BCUT2D eigenvalue weighted by atomic mass is 10.1. The van der Waals surface area contributed by atoms with Crippen LogP contribution in [0.3, 0.4) is 0 Å². The first-order chi connectivity index (χ1) is 9.55. The molecule has 2 amide bonds. The Morgan fingerprint density at radius 3 is 2.75 bits per heavy atom. The number of fused-ring (bicyclic) bond motifs is 1. The van der Waals surface area contributed by atoms with Gasteiger partial charge in [0, 0.05) is 17.4 Å². The van der Waals surface area contributed by atoms with Gasteiger partial charge in [-0.15, -0.1) is 0 Å². The highest BCUT2D eigenvalue weighted by Gasteiger charge is 2.29. The topological polar surface area (TPSA) is 75.4 Å². The first kappa shape index (κ1) is 14.4. The molecule has 0 atom stereocenters. The molecule has 20 heavy (non-hydrogen) atoms. The summed E-state index contributed by atoms with van der Waals surface area (Å²) < 4.78 is 0. The van der Waals surface area contributed by atoms with Crippen LogP contribution >= 0.6 is 0 Å². The van der Waals surface area contributed by atoms with Gasteiger partial charge in [0.05, 0.1) is 6.42 Å². The number of nitrogens with zero attached hydrogens (tertiary/aromatic N) is 1. The van der Waals surface area contributed by atoms with Crippen LogP contribution in [0.5, 0.6) is 0 Å². The van der Waals surface area contributed by atoms with Crippen molar-refractivity contribution in [2.45, 2.75) is 39.2 Å². The van der Waals surface area contributed by atoms with E-state index in [-0.39, 0.29) is 24.4 Å². The molecule has 0 aromatic heterocycles. The van der Waals surface area contributed by atoms with Crippen molar-refractivity contribution in [2.75, 3.05) is 17.2 Å². The number of nitrogens with one attached hydrogen (secondary N) is 1. The quantitative estimate of drug-likeness (QED) is 0.799. The number of nitrogen functional groups attached to an aromatic ring is 1. The molecule has 108 valence electrons. The Hall–Kier alpha value is -2.04. The van der Waals surface area contributed by atoms with Gasteiger partial charge in [-0.2, -0.15) is 0 Å². The number of hydrogen-bond acceptors (Lipinski definition) is 3. The van der Waals surface area contributed by atoms with Gasteiger partial charge < -0.3 is 16.0 Å². The maximum atomic E-state index is 12.0. The molecule has 0 spiro atoms. The normalized spacial score (nSPS) is 13.8. The molecule has 0 aliphatic carbocycles. The lowest BCUT2D eigenvalue weighted by Crippen LogP contribution is -2.42. The predicted octanol–water partition coefficient (Wildman–Crippen LogP) is 1.46. The summed E-state index contributed by atoms with van der Waals surface area (Å²) in [6.07, 6.45) is 2.10. The van der Waals surface area contributed by atoms with Gasteiger partial charge in [0.15, 0.2) is 0 Å². The molecule has 0 fully saturated rings. The Labute approximate surface area is 119 Å². The SMILES string of the molecule is CCC(CC)NC(=O)CN1C(=O)Cc2cc(N)ccc21. The molecule has 0 radical (unpaired) electrons. The van der Waals surface area contributed by atoms with Crippen LogP contribution in [0.4, 0.5) is 11.4 Å².